The third-order valence-electron chi connectivity index (χ3n) is 1.91. The first-order valence-electron chi connectivity index (χ1n) is 4.41. The van der Waals surface area contributed by atoms with Crippen LogP contribution in [0.2, 0.25) is 0 Å². The molecule has 1 aromatic rings. The summed E-state index contributed by atoms with van der Waals surface area (Å²) in [5, 5.41) is 3.76. The van der Waals surface area contributed by atoms with E-state index in [4.69, 9.17) is 15.0 Å². The fourth-order valence-corrected chi connectivity index (χ4v) is 0.949. The highest BCUT2D eigenvalue weighted by Gasteiger charge is 2.16. The first-order chi connectivity index (χ1) is 6.69. The molecule has 2 atom stereocenters. The quantitative estimate of drug-likeness (QED) is 0.721. The molecule has 5 nitrogen and oxygen atoms in total. The Bertz CT molecular complexity index is 298. The van der Waals surface area contributed by atoms with Gasteiger partial charge in [0.05, 0.1) is 6.04 Å². The molecule has 0 aliphatic carbocycles. The molecule has 2 unspecified atom stereocenters. The molecule has 0 aliphatic heterocycles. The van der Waals surface area contributed by atoms with Crippen molar-refractivity contribution in [2.75, 3.05) is 7.11 Å². The Balaban J connectivity index is 2.71. The summed E-state index contributed by atoms with van der Waals surface area (Å²) in [4.78, 5) is 4.12. The number of aromatic nitrogens is 2. The molecule has 0 radical (unpaired) electrons. The van der Waals surface area contributed by atoms with Crippen molar-refractivity contribution >= 4 is 0 Å². The molecule has 14 heavy (non-hydrogen) atoms. The van der Waals surface area contributed by atoms with Crippen molar-refractivity contribution in [1.29, 1.82) is 0 Å². The van der Waals surface area contributed by atoms with E-state index in [1.165, 1.54) is 0 Å². The molecular weight excluding hydrogens is 182 g/mol. The van der Waals surface area contributed by atoms with Gasteiger partial charge < -0.3 is 15.0 Å². The number of ether oxygens (including phenoxy) is 1. The van der Waals surface area contributed by atoms with Crippen molar-refractivity contribution in [3.05, 3.63) is 24.4 Å². The highest BCUT2D eigenvalue weighted by atomic mass is 16.5. The van der Waals surface area contributed by atoms with Crippen LogP contribution in [-0.2, 0) is 4.74 Å². The van der Waals surface area contributed by atoms with Crippen LogP contribution in [0.25, 0.3) is 0 Å². The van der Waals surface area contributed by atoms with Gasteiger partial charge in [0.15, 0.2) is 5.82 Å². The van der Waals surface area contributed by atoms with Crippen molar-refractivity contribution in [1.82, 2.24) is 10.1 Å². The molecule has 0 aromatic carbocycles. The maximum Gasteiger partial charge on any atom is 0.243 e. The lowest BCUT2D eigenvalue weighted by Crippen LogP contribution is -2.09. The van der Waals surface area contributed by atoms with E-state index in [1.54, 1.807) is 13.2 Å². The van der Waals surface area contributed by atoms with Crippen molar-refractivity contribution in [3.63, 3.8) is 0 Å². The van der Waals surface area contributed by atoms with Crippen LogP contribution in [0.5, 0.6) is 0 Å². The van der Waals surface area contributed by atoms with E-state index in [9.17, 15) is 0 Å². The average Bonchev–Trinajstić information content (AvgIpc) is 2.66. The molecule has 2 N–H and O–H groups in total. The topological polar surface area (TPSA) is 74.2 Å². The Morgan fingerprint density at radius 3 is 3.00 bits per heavy atom. The minimum absolute atomic E-state index is 0.177. The van der Waals surface area contributed by atoms with Crippen molar-refractivity contribution in [2.24, 2.45) is 5.73 Å². The number of hydrogen-bond donors (Lipinski definition) is 1. The maximum absolute atomic E-state index is 5.75. The molecule has 5 heteroatoms. The van der Waals surface area contributed by atoms with Gasteiger partial charge in [-0.3, -0.25) is 0 Å². The molecule has 0 saturated carbocycles. The molecule has 0 spiro atoms. The summed E-state index contributed by atoms with van der Waals surface area (Å²) in [5.74, 6) is 0.936. The van der Waals surface area contributed by atoms with Gasteiger partial charge in [-0.2, -0.15) is 4.98 Å². The SMILES string of the molecule is C=CCC(N)c1nc(C(C)OC)no1. The summed E-state index contributed by atoms with van der Waals surface area (Å²) in [6.45, 7) is 5.43. The van der Waals surface area contributed by atoms with E-state index in [-0.39, 0.29) is 12.1 Å². The lowest BCUT2D eigenvalue weighted by molar-refractivity contribution is 0.109. The van der Waals surface area contributed by atoms with E-state index < -0.39 is 0 Å². The lowest BCUT2D eigenvalue weighted by Gasteiger charge is -2.02. The van der Waals surface area contributed by atoms with Gasteiger partial charge in [0.25, 0.3) is 0 Å². The molecular formula is C9H15N3O2. The highest BCUT2D eigenvalue weighted by molar-refractivity contribution is 4.95. The number of hydrogen-bond acceptors (Lipinski definition) is 5. The van der Waals surface area contributed by atoms with Crippen molar-refractivity contribution < 1.29 is 9.26 Å². The van der Waals surface area contributed by atoms with Gasteiger partial charge in [0.1, 0.15) is 6.10 Å². The maximum atomic E-state index is 5.75. The second kappa shape index (κ2) is 4.88. The van der Waals surface area contributed by atoms with Crippen LogP contribution in [0.3, 0.4) is 0 Å². The molecule has 0 saturated heterocycles. The van der Waals surface area contributed by atoms with Gasteiger partial charge in [-0.1, -0.05) is 11.2 Å². The highest BCUT2D eigenvalue weighted by Crippen LogP contribution is 2.16. The van der Waals surface area contributed by atoms with E-state index in [0.29, 0.717) is 18.1 Å². The van der Waals surface area contributed by atoms with Crippen LogP contribution in [0.1, 0.15) is 37.2 Å². The zero-order valence-corrected chi connectivity index (χ0v) is 8.43. The monoisotopic (exact) mass is 197 g/mol. The van der Waals surface area contributed by atoms with E-state index in [0.717, 1.165) is 0 Å². The Morgan fingerprint density at radius 2 is 2.43 bits per heavy atom. The summed E-state index contributed by atoms with van der Waals surface area (Å²) in [7, 11) is 1.59. The van der Waals surface area contributed by atoms with Gasteiger partial charge >= 0.3 is 0 Å². The average molecular weight is 197 g/mol. The molecule has 0 amide bonds. The Labute approximate surface area is 82.9 Å². The van der Waals surface area contributed by atoms with Gasteiger partial charge in [-0.05, 0) is 13.3 Å². The minimum atomic E-state index is -0.280. The Morgan fingerprint density at radius 1 is 1.71 bits per heavy atom. The predicted octanol–water partition coefficient (Wildman–Crippen LogP) is 1.35. The van der Waals surface area contributed by atoms with Gasteiger partial charge in [0.2, 0.25) is 5.89 Å². The third-order valence-corrected chi connectivity index (χ3v) is 1.91. The third kappa shape index (κ3) is 2.40. The van der Waals surface area contributed by atoms with E-state index in [1.807, 2.05) is 6.92 Å². The summed E-state index contributed by atoms with van der Waals surface area (Å²) >= 11 is 0. The van der Waals surface area contributed by atoms with Gasteiger partial charge in [-0.25, -0.2) is 0 Å². The standard InChI is InChI=1S/C9H15N3O2/c1-4-5-7(10)9-11-8(12-14-9)6(2)13-3/h4,6-7H,1,5,10H2,2-3H3. The number of methoxy groups -OCH3 is 1. The summed E-state index contributed by atoms with van der Waals surface area (Å²) in [6.07, 6.45) is 2.15. The van der Waals surface area contributed by atoms with Crippen LogP contribution >= 0.6 is 0 Å². The second-order valence-corrected chi connectivity index (χ2v) is 3.00. The number of rotatable bonds is 5. The summed E-state index contributed by atoms with van der Waals surface area (Å²) in [5.41, 5.74) is 5.75. The first-order valence-corrected chi connectivity index (χ1v) is 4.41. The molecule has 1 aromatic heterocycles. The zero-order valence-electron chi connectivity index (χ0n) is 8.43. The fraction of sp³-hybridized carbons (Fsp3) is 0.556. The fourth-order valence-electron chi connectivity index (χ4n) is 0.949. The smallest absolute Gasteiger partial charge is 0.243 e. The van der Waals surface area contributed by atoms with E-state index >= 15 is 0 Å². The van der Waals surface area contributed by atoms with Crippen LogP contribution in [-0.4, -0.2) is 17.3 Å². The summed E-state index contributed by atoms with van der Waals surface area (Å²) in [6, 6.07) is -0.280. The van der Waals surface area contributed by atoms with Crippen LogP contribution in [0, 0.1) is 0 Å². The van der Waals surface area contributed by atoms with Crippen molar-refractivity contribution in [2.45, 2.75) is 25.5 Å². The second-order valence-electron chi connectivity index (χ2n) is 3.00. The van der Waals surface area contributed by atoms with Crippen LogP contribution in [0.15, 0.2) is 17.2 Å². The van der Waals surface area contributed by atoms with Crippen molar-refractivity contribution in [3.8, 4) is 0 Å². The minimum Gasteiger partial charge on any atom is -0.374 e. The predicted molar refractivity (Wildman–Crippen MR) is 51.5 cm³/mol. The lowest BCUT2D eigenvalue weighted by atomic mass is 10.2. The molecule has 1 rings (SSSR count). The largest absolute Gasteiger partial charge is 0.374 e. The Hall–Kier alpha value is -1.20. The zero-order chi connectivity index (χ0) is 10.6. The van der Waals surface area contributed by atoms with E-state index in [2.05, 4.69) is 16.7 Å². The van der Waals surface area contributed by atoms with Crippen LogP contribution in [0.4, 0.5) is 0 Å². The summed E-state index contributed by atoms with van der Waals surface area (Å²) < 4.78 is 10.0. The number of nitrogens with zero attached hydrogens (tertiary/aromatic N) is 2. The Kier molecular flexibility index (Phi) is 3.79. The molecule has 0 aliphatic rings. The molecule has 0 bridgehead atoms. The molecule has 78 valence electrons. The normalized spacial score (nSPS) is 15.1. The first kappa shape index (κ1) is 10.9. The molecule has 1 heterocycles. The molecule has 0 fully saturated rings. The van der Waals surface area contributed by atoms with Crippen LogP contribution < -0.4 is 5.73 Å². The van der Waals surface area contributed by atoms with Gasteiger partial charge in [0, 0.05) is 7.11 Å². The number of nitrogens with two attached hydrogens (primary N) is 1. The van der Waals surface area contributed by atoms with Gasteiger partial charge in [-0.15, -0.1) is 6.58 Å².